The SMILES string of the molecule is COc1cc2ncc(N(C)C(C)=O)c(C)c2cc1Br. The summed E-state index contributed by atoms with van der Waals surface area (Å²) in [6.07, 6.45) is 1.71. The van der Waals surface area contributed by atoms with Crippen molar-refractivity contribution < 1.29 is 9.53 Å². The number of ether oxygens (including phenoxy) is 1. The number of carbonyl (C=O) groups is 1. The fourth-order valence-electron chi connectivity index (χ4n) is 1.98. The second kappa shape index (κ2) is 5.17. The van der Waals surface area contributed by atoms with Crippen molar-refractivity contribution in [2.24, 2.45) is 0 Å². The van der Waals surface area contributed by atoms with E-state index in [1.54, 1.807) is 25.3 Å². The summed E-state index contributed by atoms with van der Waals surface area (Å²) >= 11 is 3.47. The van der Waals surface area contributed by atoms with Crippen molar-refractivity contribution in [1.82, 2.24) is 4.98 Å². The van der Waals surface area contributed by atoms with Crippen molar-refractivity contribution in [1.29, 1.82) is 0 Å². The third-order valence-electron chi connectivity index (χ3n) is 3.22. The number of hydrogen-bond donors (Lipinski definition) is 0. The Kier molecular flexibility index (Phi) is 3.75. The lowest BCUT2D eigenvalue weighted by Gasteiger charge is -2.18. The first-order chi connectivity index (χ1) is 8.95. The maximum Gasteiger partial charge on any atom is 0.223 e. The fraction of sp³-hybridized carbons (Fsp3) is 0.286. The fourth-order valence-corrected chi connectivity index (χ4v) is 2.48. The summed E-state index contributed by atoms with van der Waals surface area (Å²) in [5.41, 5.74) is 2.68. The molecule has 4 nitrogen and oxygen atoms in total. The molecule has 0 saturated carbocycles. The van der Waals surface area contributed by atoms with Gasteiger partial charge in [-0.05, 0) is 34.5 Å². The van der Waals surface area contributed by atoms with Crippen LogP contribution in [0.2, 0.25) is 0 Å². The van der Waals surface area contributed by atoms with Gasteiger partial charge >= 0.3 is 0 Å². The third kappa shape index (κ3) is 2.42. The van der Waals surface area contributed by atoms with E-state index in [4.69, 9.17) is 4.74 Å². The van der Waals surface area contributed by atoms with Crippen LogP contribution < -0.4 is 9.64 Å². The normalized spacial score (nSPS) is 10.6. The molecule has 0 aliphatic heterocycles. The molecule has 2 aromatic rings. The summed E-state index contributed by atoms with van der Waals surface area (Å²) in [4.78, 5) is 17.5. The summed E-state index contributed by atoms with van der Waals surface area (Å²) in [5, 5.41) is 0.998. The van der Waals surface area contributed by atoms with Crippen molar-refractivity contribution in [3.05, 3.63) is 28.4 Å². The van der Waals surface area contributed by atoms with E-state index in [2.05, 4.69) is 20.9 Å². The Balaban J connectivity index is 2.68. The summed E-state index contributed by atoms with van der Waals surface area (Å²) in [7, 11) is 3.37. The molecule has 0 N–H and O–H groups in total. The average Bonchev–Trinajstić information content (AvgIpc) is 2.38. The van der Waals surface area contributed by atoms with E-state index >= 15 is 0 Å². The molecule has 0 unspecified atom stereocenters. The number of aryl methyl sites for hydroxylation is 1. The van der Waals surface area contributed by atoms with Crippen molar-refractivity contribution in [3.8, 4) is 5.75 Å². The van der Waals surface area contributed by atoms with Gasteiger partial charge in [0.15, 0.2) is 0 Å². The van der Waals surface area contributed by atoms with Crippen molar-refractivity contribution in [2.45, 2.75) is 13.8 Å². The van der Waals surface area contributed by atoms with Gasteiger partial charge in [0.2, 0.25) is 5.91 Å². The maximum absolute atomic E-state index is 11.5. The average molecular weight is 323 g/mol. The molecule has 19 heavy (non-hydrogen) atoms. The lowest BCUT2D eigenvalue weighted by Crippen LogP contribution is -2.23. The highest BCUT2D eigenvalue weighted by molar-refractivity contribution is 9.10. The van der Waals surface area contributed by atoms with Gasteiger partial charge in [0, 0.05) is 25.4 Å². The number of hydrogen-bond acceptors (Lipinski definition) is 3. The van der Waals surface area contributed by atoms with E-state index < -0.39 is 0 Å². The first-order valence-corrected chi connectivity index (χ1v) is 6.62. The molecular weight excluding hydrogens is 308 g/mol. The van der Waals surface area contributed by atoms with Crippen molar-refractivity contribution >= 4 is 38.4 Å². The van der Waals surface area contributed by atoms with E-state index in [9.17, 15) is 4.79 Å². The van der Waals surface area contributed by atoms with E-state index in [1.807, 2.05) is 19.1 Å². The maximum atomic E-state index is 11.5. The molecule has 0 aliphatic carbocycles. The standard InChI is InChI=1S/C14H15BrN2O2/c1-8-10-5-11(15)14(19-4)6-12(10)16-7-13(8)17(3)9(2)18/h5-7H,1-4H3. The summed E-state index contributed by atoms with van der Waals surface area (Å²) in [5.74, 6) is 0.726. The molecule has 1 amide bonds. The van der Waals surface area contributed by atoms with Gasteiger partial charge in [-0.3, -0.25) is 9.78 Å². The molecule has 0 radical (unpaired) electrons. The lowest BCUT2D eigenvalue weighted by molar-refractivity contribution is -0.116. The summed E-state index contributed by atoms with van der Waals surface area (Å²) in [6.45, 7) is 3.52. The molecule has 1 heterocycles. The Morgan fingerprint density at radius 3 is 2.68 bits per heavy atom. The Bertz CT molecular complexity index is 655. The smallest absolute Gasteiger partial charge is 0.223 e. The largest absolute Gasteiger partial charge is 0.495 e. The Labute approximate surface area is 120 Å². The summed E-state index contributed by atoms with van der Waals surface area (Å²) in [6, 6.07) is 3.85. The van der Waals surface area contributed by atoms with Crippen LogP contribution in [0.3, 0.4) is 0 Å². The van der Waals surface area contributed by atoms with Crippen molar-refractivity contribution in [3.63, 3.8) is 0 Å². The molecule has 0 saturated heterocycles. The van der Waals surface area contributed by atoms with Crippen molar-refractivity contribution in [2.75, 3.05) is 19.1 Å². The zero-order valence-corrected chi connectivity index (χ0v) is 12.9. The lowest BCUT2D eigenvalue weighted by atomic mass is 10.1. The third-order valence-corrected chi connectivity index (χ3v) is 3.84. The number of fused-ring (bicyclic) bond motifs is 1. The van der Waals surface area contributed by atoms with Crippen LogP contribution in [0.15, 0.2) is 22.8 Å². The number of benzene rings is 1. The molecule has 100 valence electrons. The summed E-state index contributed by atoms with van der Waals surface area (Å²) < 4.78 is 6.13. The minimum Gasteiger partial charge on any atom is -0.495 e. The highest BCUT2D eigenvalue weighted by Crippen LogP contribution is 2.33. The van der Waals surface area contributed by atoms with Crippen LogP contribution in [0.4, 0.5) is 5.69 Å². The first kappa shape index (κ1) is 13.8. The monoisotopic (exact) mass is 322 g/mol. The predicted octanol–water partition coefficient (Wildman–Crippen LogP) is 3.30. The Morgan fingerprint density at radius 1 is 1.42 bits per heavy atom. The number of anilines is 1. The van der Waals surface area contributed by atoms with Crippen LogP contribution in [-0.4, -0.2) is 25.0 Å². The van der Waals surface area contributed by atoms with Gasteiger partial charge in [-0.25, -0.2) is 0 Å². The van der Waals surface area contributed by atoms with Crippen LogP contribution in [0.25, 0.3) is 10.9 Å². The number of carbonyl (C=O) groups excluding carboxylic acids is 1. The van der Waals surface area contributed by atoms with Crippen LogP contribution >= 0.6 is 15.9 Å². The number of amides is 1. The number of pyridine rings is 1. The minimum atomic E-state index is -0.0168. The van der Waals surface area contributed by atoms with Crippen LogP contribution in [-0.2, 0) is 4.79 Å². The molecule has 1 aromatic carbocycles. The van der Waals surface area contributed by atoms with Gasteiger partial charge < -0.3 is 9.64 Å². The molecular formula is C14H15BrN2O2. The van der Waals surface area contributed by atoms with Gasteiger partial charge in [-0.2, -0.15) is 0 Å². The molecule has 2 rings (SSSR count). The van der Waals surface area contributed by atoms with Gasteiger partial charge in [-0.1, -0.05) is 0 Å². The molecule has 5 heteroatoms. The zero-order chi connectivity index (χ0) is 14.2. The topological polar surface area (TPSA) is 42.4 Å². The second-order valence-corrected chi connectivity index (χ2v) is 5.20. The number of methoxy groups -OCH3 is 1. The zero-order valence-electron chi connectivity index (χ0n) is 11.3. The van der Waals surface area contributed by atoms with Gasteiger partial charge in [-0.15, -0.1) is 0 Å². The molecule has 0 spiro atoms. The molecule has 0 aliphatic rings. The van der Waals surface area contributed by atoms with Gasteiger partial charge in [0.1, 0.15) is 5.75 Å². The minimum absolute atomic E-state index is 0.0168. The van der Waals surface area contributed by atoms with Crippen LogP contribution in [0, 0.1) is 6.92 Å². The number of rotatable bonds is 2. The first-order valence-electron chi connectivity index (χ1n) is 5.83. The number of nitrogens with zero attached hydrogens (tertiary/aromatic N) is 2. The second-order valence-electron chi connectivity index (χ2n) is 4.35. The molecule has 0 atom stereocenters. The quantitative estimate of drug-likeness (QED) is 0.852. The molecule has 0 bridgehead atoms. The molecule has 1 aromatic heterocycles. The van der Waals surface area contributed by atoms with E-state index in [1.165, 1.54) is 6.92 Å². The number of halogens is 1. The highest BCUT2D eigenvalue weighted by atomic mass is 79.9. The van der Waals surface area contributed by atoms with E-state index in [0.717, 1.165) is 32.4 Å². The van der Waals surface area contributed by atoms with E-state index in [-0.39, 0.29) is 5.91 Å². The van der Waals surface area contributed by atoms with E-state index in [0.29, 0.717) is 0 Å². The predicted molar refractivity (Wildman–Crippen MR) is 79.8 cm³/mol. The molecule has 0 fully saturated rings. The van der Waals surface area contributed by atoms with Crippen LogP contribution in [0.5, 0.6) is 5.75 Å². The Morgan fingerprint density at radius 2 is 2.11 bits per heavy atom. The number of aromatic nitrogens is 1. The van der Waals surface area contributed by atoms with Crippen LogP contribution in [0.1, 0.15) is 12.5 Å². The van der Waals surface area contributed by atoms with Gasteiger partial charge in [0.25, 0.3) is 0 Å². The Hall–Kier alpha value is -1.62. The highest BCUT2D eigenvalue weighted by Gasteiger charge is 2.13. The van der Waals surface area contributed by atoms with Gasteiger partial charge in [0.05, 0.1) is 29.0 Å².